The number of allylic oxidation sites excluding steroid dienone is 1. The Hall–Kier alpha value is -1.37. The largest absolute Gasteiger partial charge is 0.294 e. The van der Waals surface area contributed by atoms with Gasteiger partial charge in [-0.3, -0.25) is 4.79 Å². The van der Waals surface area contributed by atoms with E-state index in [1.165, 1.54) is 0 Å². The molecule has 1 nitrogen and oxygen atoms in total. The molecule has 17 heavy (non-hydrogen) atoms. The molecule has 0 bridgehead atoms. The Labute approximate surface area is 106 Å². The molecule has 0 spiro atoms. The van der Waals surface area contributed by atoms with E-state index in [0.717, 1.165) is 23.1 Å². The molecule has 1 aromatic rings. The molecule has 0 fully saturated rings. The molecule has 0 amide bonds. The van der Waals surface area contributed by atoms with Crippen LogP contribution in [0.2, 0.25) is 0 Å². The van der Waals surface area contributed by atoms with Crippen LogP contribution in [0.4, 0.5) is 0 Å². The van der Waals surface area contributed by atoms with Crippen LogP contribution in [0, 0.1) is 6.92 Å². The van der Waals surface area contributed by atoms with Gasteiger partial charge in [-0.25, -0.2) is 0 Å². The average Bonchev–Trinajstić information content (AvgIpc) is 2.35. The van der Waals surface area contributed by atoms with Crippen LogP contribution in [-0.2, 0) is 0 Å². The highest BCUT2D eigenvalue weighted by Crippen LogP contribution is 2.18. The van der Waals surface area contributed by atoms with Crippen LogP contribution in [0.5, 0.6) is 0 Å². The zero-order chi connectivity index (χ0) is 13.3. The molecule has 0 atom stereocenters. The lowest BCUT2D eigenvalue weighted by Crippen LogP contribution is -2.02. The molecule has 0 aliphatic carbocycles. The molecule has 0 radical (unpaired) electrons. The van der Waals surface area contributed by atoms with Gasteiger partial charge in [0.15, 0.2) is 5.78 Å². The quantitative estimate of drug-likeness (QED) is 0.665. The first kappa shape index (κ1) is 15.6. The van der Waals surface area contributed by atoms with Crippen molar-refractivity contribution in [3.63, 3.8) is 0 Å². The third-order valence-corrected chi connectivity index (χ3v) is 2.43. The molecule has 1 heteroatoms. The SMILES string of the molecule is C/C=C\c1c(C)cccc1C(=O)CCC.CC. The molecule has 94 valence electrons. The standard InChI is InChI=1S/C14H18O.C2H6/c1-4-7-12-11(3)9-6-10-13(12)14(15)8-5-2;1-2/h4,6-7,9-10H,5,8H2,1-3H3;1-2H3/b7-4-;. The van der Waals surface area contributed by atoms with Crippen LogP contribution < -0.4 is 0 Å². The molecule has 0 N–H and O–H groups in total. The van der Waals surface area contributed by atoms with Crippen molar-refractivity contribution in [2.24, 2.45) is 0 Å². The maximum atomic E-state index is 11.9. The predicted octanol–water partition coefficient (Wildman–Crippen LogP) is 5.04. The number of carbonyl (C=O) groups is 1. The van der Waals surface area contributed by atoms with Crippen molar-refractivity contribution in [2.75, 3.05) is 0 Å². The van der Waals surface area contributed by atoms with Crippen LogP contribution in [0.1, 0.15) is 62.0 Å². The third kappa shape index (κ3) is 4.56. The fraction of sp³-hybridized carbons (Fsp3) is 0.438. The molecule has 0 aromatic heterocycles. The van der Waals surface area contributed by atoms with Crippen molar-refractivity contribution < 1.29 is 4.79 Å². The number of hydrogen-bond donors (Lipinski definition) is 0. The summed E-state index contributed by atoms with van der Waals surface area (Å²) in [7, 11) is 0. The van der Waals surface area contributed by atoms with Gasteiger partial charge in [0.2, 0.25) is 0 Å². The van der Waals surface area contributed by atoms with Gasteiger partial charge in [-0.2, -0.15) is 0 Å². The van der Waals surface area contributed by atoms with Crippen LogP contribution >= 0.6 is 0 Å². The highest BCUT2D eigenvalue weighted by Gasteiger charge is 2.09. The van der Waals surface area contributed by atoms with E-state index in [-0.39, 0.29) is 5.78 Å². The van der Waals surface area contributed by atoms with Crippen LogP contribution in [0.15, 0.2) is 24.3 Å². The van der Waals surface area contributed by atoms with Gasteiger partial charge >= 0.3 is 0 Å². The highest BCUT2D eigenvalue weighted by atomic mass is 16.1. The second-order valence-corrected chi connectivity index (χ2v) is 3.71. The molecule has 0 heterocycles. The maximum Gasteiger partial charge on any atom is 0.163 e. The van der Waals surface area contributed by atoms with Crippen molar-refractivity contribution in [2.45, 2.75) is 47.5 Å². The van der Waals surface area contributed by atoms with Crippen LogP contribution in [0.25, 0.3) is 6.08 Å². The first-order valence-corrected chi connectivity index (χ1v) is 6.46. The smallest absolute Gasteiger partial charge is 0.163 e. The first-order chi connectivity index (χ1) is 8.20. The Balaban J connectivity index is 0.00000121. The lowest BCUT2D eigenvalue weighted by Gasteiger charge is -2.07. The van der Waals surface area contributed by atoms with Gasteiger partial charge in [-0.15, -0.1) is 0 Å². The van der Waals surface area contributed by atoms with Crippen molar-refractivity contribution in [1.82, 2.24) is 0 Å². The molecular weight excluding hydrogens is 208 g/mol. The monoisotopic (exact) mass is 232 g/mol. The minimum Gasteiger partial charge on any atom is -0.294 e. The van der Waals surface area contributed by atoms with E-state index in [4.69, 9.17) is 0 Å². The van der Waals surface area contributed by atoms with E-state index in [9.17, 15) is 4.79 Å². The molecule has 0 saturated carbocycles. The second kappa shape index (κ2) is 8.74. The fourth-order valence-corrected chi connectivity index (χ4v) is 1.67. The summed E-state index contributed by atoms with van der Waals surface area (Å²) in [6.45, 7) is 10.0. The number of carbonyl (C=O) groups excluding carboxylic acids is 1. The lowest BCUT2D eigenvalue weighted by atomic mass is 9.96. The molecular formula is C16H24O. The fourth-order valence-electron chi connectivity index (χ4n) is 1.67. The van der Waals surface area contributed by atoms with E-state index in [1.54, 1.807) is 0 Å². The Bertz CT molecular complexity index is 375. The van der Waals surface area contributed by atoms with Crippen molar-refractivity contribution in [3.8, 4) is 0 Å². The zero-order valence-electron chi connectivity index (χ0n) is 11.7. The Morgan fingerprint density at radius 3 is 2.47 bits per heavy atom. The lowest BCUT2D eigenvalue weighted by molar-refractivity contribution is 0.0981. The summed E-state index contributed by atoms with van der Waals surface area (Å²) in [5.74, 6) is 0.245. The van der Waals surface area contributed by atoms with E-state index in [1.807, 2.05) is 65.0 Å². The number of ketones is 1. The topological polar surface area (TPSA) is 17.1 Å². The zero-order valence-corrected chi connectivity index (χ0v) is 11.7. The second-order valence-electron chi connectivity index (χ2n) is 3.71. The highest BCUT2D eigenvalue weighted by molar-refractivity contribution is 5.99. The Morgan fingerprint density at radius 1 is 1.29 bits per heavy atom. The summed E-state index contributed by atoms with van der Waals surface area (Å²) < 4.78 is 0. The van der Waals surface area contributed by atoms with Crippen LogP contribution in [0.3, 0.4) is 0 Å². The minimum absolute atomic E-state index is 0.245. The molecule has 0 aliphatic rings. The number of benzene rings is 1. The number of rotatable bonds is 4. The Kier molecular flexibility index (Phi) is 8.04. The van der Waals surface area contributed by atoms with Crippen molar-refractivity contribution in [3.05, 3.63) is 41.0 Å². The van der Waals surface area contributed by atoms with E-state index >= 15 is 0 Å². The van der Waals surface area contributed by atoms with Gasteiger partial charge in [0, 0.05) is 12.0 Å². The predicted molar refractivity (Wildman–Crippen MR) is 76.5 cm³/mol. The molecule has 0 aliphatic heterocycles. The number of Topliss-reactive ketones (excluding diaryl/α,β-unsaturated/α-hetero) is 1. The summed E-state index contributed by atoms with van der Waals surface area (Å²) in [4.78, 5) is 11.9. The van der Waals surface area contributed by atoms with Crippen LogP contribution in [-0.4, -0.2) is 5.78 Å². The van der Waals surface area contributed by atoms with E-state index in [0.29, 0.717) is 6.42 Å². The van der Waals surface area contributed by atoms with Gasteiger partial charge in [0.1, 0.15) is 0 Å². The van der Waals surface area contributed by atoms with Gasteiger partial charge < -0.3 is 0 Å². The van der Waals surface area contributed by atoms with E-state index in [2.05, 4.69) is 0 Å². The van der Waals surface area contributed by atoms with Gasteiger partial charge in [0.05, 0.1) is 0 Å². The summed E-state index contributed by atoms with van der Waals surface area (Å²) in [5.41, 5.74) is 3.09. The first-order valence-electron chi connectivity index (χ1n) is 6.46. The molecule has 1 rings (SSSR count). The van der Waals surface area contributed by atoms with Crippen molar-refractivity contribution in [1.29, 1.82) is 0 Å². The van der Waals surface area contributed by atoms with Crippen molar-refractivity contribution >= 4 is 11.9 Å². The molecule has 1 aromatic carbocycles. The third-order valence-electron chi connectivity index (χ3n) is 2.43. The summed E-state index contributed by atoms with van der Waals surface area (Å²) in [6, 6.07) is 5.91. The Morgan fingerprint density at radius 2 is 1.94 bits per heavy atom. The average molecular weight is 232 g/mol. The maximum absolute atomic E-state index is 11.9. The summed E-state index contributed by atoms with van der Waals surface area (Å²) >= 11 is 0. The molecule has 0 saturated heterocycles. The summed E-state index contributed by atoms with van der Waals surface area (Å²) in [6.07, 6.45) is 5.53. The normalized spacial score (nSPS) is 9.94. The number of hydrogen-bond acceptors (Lipinski definition) is 1. The van der Waals surface area contributed by atoms with Gasteiger partial charge in [-0.05, 0) is 31.4 Å². The summed E-state index contributed by atoms with van der Waals surface area (Å²) in [5, 5.41) is 0. The van der Waals surface area contributed by atoms with Gasteiger partial charge in [0.25, 0.3) is 0 Å². The number of aryl methyl sites for hydroxylation is 1. The minimum atomic E-state index is 0.245. The molecule has 0 unspecified atom stereocenters. The van der Waals surface area contributed by atoms with Gasteiger partial charge in [-0.1, -0.05) is 51.1 Å². The van der Waals surface area contributed by atoms with E-state index < -0.39 is 0 Å².